The monoisotopic (exact) mass is 385 g/mol. The zero-order valence-corrected chi connectivity index (χ0v) is 15.6. The van der Waals surface area contributed by atoms with Gasteiger partial charge in [0.15, 0.2) is 0 Å². The number of hydrogen-bond donors (Lipinski definition) is 0. The van der Waals surface area contributed by atoms with Crippen molar-refractivity contribution in [3.8, 4) is 5.75 Å². The zero-order chi connectivity index (χ0) is 20.1. The van der Waals surface area contributed by atoms with Crippen LogP contribution in [0.15, 0.2) is 97.1 Å². The summed E-state index contributed by atoms with van der Waals surface area (Å²) in [6, 6.07) is 27.3. The number of ether oxygens (including phenoxy) is 2. The number of hydrogen-bond acceptors (Lipinski definition) is 4. The predicted octanol–water partition coefficient (Wildman–Crippen LogP) is 4.83. The molecule has 0 bridgehead atoms. The van der Waals surface area contributed by atoms with Gasteiger partial charge in [-0.3, -0.25) is 4.90 Å². The predicted molar refractivity (Wildman–Crippen MR) is 109 cm³/mol. The van der Waals surface area contributed by atoms with E-state index in [1.54, 1.807) is 24.3 Å². The topological polar surface area (TPSA) is 55.8 Å². The number of cyclic esters (lactones) is 1. The van der Waals surface area contributed by atoms with Crippen molar-refractivity contribution >= 4 is 17.8 Å². The van der Waals surface area contributed by atoms with Crippen LogP contribution in [0.3, 0.4) is 0 Å². The molecular formula is C24H19NO4. The van der Waals surface area contributed by atoms with Crippen LogP contribution < -0.4 is 4.74 Å². The highest BCUT2D eigenvalue weighted by molar-refractivity contribution is 5.96. The summed E-state index contributed by atoms with van der Waals surface area (Å²) in [6.07, 6.45) is 0.840. The molecule has 5 heteroatoms. The molecule has 5 nitrogen and oxygen atoms in total. The lowest BCUT2D eigenvalue weighted by Gasteiger charge is -2.24. The van der Waals surface area contributed by atoms with E-state index in [1.165, 1.54) is 11.0 Å². The molecule has 0 saturated carbocycles. The van der Waals surface area contributed by atoms with Crippen LogP contribution in [0.4, 0.5) is 4.79 Å². The number of carbonyl (C=O) groups is 2. The molecule has 0 aliphatic carbocycles. The Labute approximate surface area is 168 Å². The van der Waals surface area contributed by atoms with Crippen molar-refractivity contribution in [1.82, 2.24) is 4.90 Å². The number of carbonyl (C=O) groups excluding carboxylic acids is 2. The Kier molecular flexibility index (Phi) is 5.38. The summed E-state index contributed by atoms with van der Waals surface area (Å²) in [5, 5.41) is 0. The van der Waals surface area contributed by atoms with Crippen LogP contribution in [0.25, 0.3) is 5.70 Å². The Hall–Kier alpha value is -3.86. The van der Waals surface area contributed by atoms with Gasteiger partial charge in [0.1, 0.15) is 12.4 Å². The first kappa shape index (κ1) is 18.5. The molecule has 1 saturated heterocycles. The number of amides is 1. The second-order valence-electron chi connectivity index (χ2n) is 6.50. The molecule has 1 aliphatic heterocycles. The minimum absolute atomic E-state index is 0.209. The summed E-state index contributed by atoms with van der Waals surface area (Å²) in [4.78, 5) is 26.8. The molecule has 0 spiro atoms. The maximum absolute atomic E-state index is 12.6. The Balaban J connectivity index is 1.72. The molecule has 144 valence electrons. The smallest absolute Gasteiger partial charge is 0.415 e. The van der Waals surface area contributed by atoms with Crippen molar-refractivity contribution in [2.24, 2.45) is 0 Å². The number of nitrogens with zero attached hydrogens (tertiary/aromatic N) is 1. The molecule has 0 unspecified atom stereocenters. The molecule has 1 heterocycles. The van der Waals surface area contributed by atoms with Gasteiger partial charge in [-0.25, -0.2) is 9.59 Å². The van der Waals surface area contributed by atoms with Crippen molar-refractivity contribution in [2.75, 3.05) is 6.61 Å². The maximum Gasteiger partial charge on any atom is 0.415 e. The van der Waals surface area contributed by atoms with Gasteiger partial charge in [-0.2, -0.15) is 0 Å². The van der Waals surface area contributed by atoms with Gasteiger partial charge in [-0.15, -0.1) is 0 Å². The molecule has 1 fully saturated rings. The Morgan fingerprint density at radius 1 is 0.897 bits per heavy atom. The molecule has 0 aromatic heterocycles. The fourth-order valence-electron chi connectivity index (χ4n) is 3.25. The quantitative estimate of drug-likeness (QED) is 0.359. The van der Waals surface area contributed by atoms with Gasteiger partial charge in [0.05, 0.1) is 11.7 Å². The highest BCUT2D eigenvalue weighted by atomic mass is 16.6. The van der Waals surface area contributed by atoms with Gasteiger partial charge in [-0.1, -0.05) is 78.9 Å². The molecule has 29 heavy (non-hydrogen) atoms. The summed E-state index contributed by atoms with van der Waals surface area (Å²) < 4.78 is 10.7. The van der Waals surface area contributed by atoms with E-state index in [2.05, 4.69) is 0 Å². The first-order valence-electron chi connectivity index (χ1n) is 9.27. The SMILES string of the molecule is O=C(C=C(c1ccccc1)N1C(=O)OC[C@@H]1c1ccccc1)Oc1ccccc1. The van der Waals surface area contributed by atoms with Crippen LogP contribution in [-0.4, -0.2) is 23.6 Å². The van der Waals surface area contributed by atoms with Crippen LogP contribution in [0.2, 0.25) is 0 Å². The van der Waals surface area contributed by atoms with Gasteiger partial charge >= 0.3 is 12.1 Å². The number of rotatable bonds is 5. The maximum atomic E-state index is 12.6. The molecule has 0 N–H and O–H groups in total. The highest BCUT2D eigenvalue weighted by Gasteiger charge is 2.37. The van der Waals surface area contributed by atoms with E-state index in [9.17, 15) is 9.59 Å². The summed E-state index contributed by atoms with van der Waals surface area (Å²) in [5.41, 5.74) is 2.08. The third-order valence-electron chi connectivity index (χ3n) is 4.60. The second-order valence-corrected chi connectivity index (χ2v) is 6.50. The van der Waals surface area contributed by atoms with Crippen molar-refractivity contribution in [1.29, 1.82) is 0 Å². The molecule has 4 rings (SSSR count). The number of para-hydroxylation sites is 1. The zero-order valence-electron chi connectivity index (χ0n) is 15.6. The van der Waals surface area contributed by atoms with Gasteiger partial charge in [0.2, 0.25) is 0 Å². The minimum Gasteiger partial charge on any atom is -0.447 e. The fraction of sp³-hybridized carbons (Fsp3) is 0.0833. The van der Waals surface area contributed by atoms with Crippen molar-refractivity contribution in [3.63, 3.8) is 0 Å². The molecule has 1 aliphatic rings. The first-order valence-corrected chi connectivity index (χ1v) is 9.27. The molecule has 3 aromatic rings. The molecular weight excluding hydrogens is 366 g/mol. The van der Waals surface area contributed by atoms with Crippen molar-refractivity contribution in [3.05, 3.63) is 108 Å². The summed E-state index contributed by atoms with van der Waals surface area (Å²) in [5.74, 6) is -0.133. The van der Waals surface area contributed by atoms with E-state index in [0.717, 1.165) is 11.1 Å². The average molecular weight is 385 g/mol. The van der Waals surface area contributed by atoms with E-state index in [0.29, 0.717) is 11.4 Å². The number of benzene rings is 3. The molecule has 1 atom stereocenters. The average Bonchev–Trinajstić information content (AvgIpc) is 3.15. The van der Waals surface area contributed by atoms with E-state index in [4.69, 9.17) is 9.47 Å². The lowest BCUT2D eigenvalue weighted by atomic mass is 10.0. The van der Waals surface area contributed by atoms with Crippen LogP contribution >= 0.6 is 0 Å². The van der Waals surface area contributed by atoms with Gasteiger partial charge < -0.3 is 9.47 Å². The minimum atomic E-state index is -0.568. The Morgan fingerprint density at radius 3 is 2.14 bits per heavy atom. The van der Waals surface area contributed by atoms with Crippen LogP contribution in [-0.2, 0) is 9.53 Å². The third kappa shape index (κ3) is 4.19. The Bertz CT molecular complexity index is 1020. The van der Waals surface area contributed by atoms with Crippen LogP contribution in [0.1, 0.15) is 17.2 Å². The van der Waals surface area contributed by atoms with E-state index < -0.39 is 12.1 Å². The Morgan fingerprint density at radius 2 is 1.48 bits per heavy atom. The van der Waals surface area contributed by atoms with E-state index in [1.807, 2.05) is 66.7 Å². The highest BCUT2D eigenvalue weighted by Crippen LogP contribution is 2.35. The summed E-state index contributed by atoms with van der Waals surface area (Å²) in [6.45, 7) is 0.209. The van der Waals surface area contributed by atoms with E-state index in [-0.39, 0.29) is 12.6 Å². The standard InChI is InChI=1S/C24H19NO4/c26-23(29-20-14-8-3-9-15-20)16-21(18-10-4-1-5-11-18)25-22(17-28-24(25)27)19-12-6-2-7-13-19/h1-16,22H,17H2/t22-/m1/s1. The summed E-state index contributed by atoms with van der Waals surface area (Å²) in [7, 11) is 0. The third-order valence-corrected chi connectivity index (χ3v) is 4.60. The molecule has 0 radical (unpaired) electrons. The van der Waals surface area contributed by atoms with Crippen LogP contribution in [0, 0.1) is 0 Å². The van der Waals surface area contributed by atoms with Gasteiger partial charge in [0, 0.05) is 6.08 Å². The van der Waals surface area contributed by atoms with Crippen molar-refractivity contribution < 1.29 is 19.1 Å². The second kappa shape index (κ2) is 8.44. The van der Waals surface area contributed by atoms with Gasteiger partial charge in [-0.05, 0) is 23.3 Å². The normalized spacial score (nSPS) is 16.4. The number of esters is 1. The molecule has 3 aromatic carbocycles. The largest absolute Gasteiger partial charge is 0.447 e. The lowest BCUT2D eigenvalue weighted by Crippen LogP contribution is -2.27. The van der Waals surface area contributed by atoms with Crippen LogP contribution in [0.5, 0.6) is 5.75 Å². The first-order chi connectivity index (χ1) is 14.2. The molecule has 1 amide bonds. The summed E-state index contributed by atoms with van der Waals surface area (Å²) >= 11 is 0. The lowest BCUT2D eigenvalue weighted by molar-refractivity contribution is -0.128. The fourth-order valence-corrected chi connectivity index (χ4v) is 3.25. The van der Waals surface area contributed by atoms with E-state index >= 15 is 0 Å². The van der Waals surface area contributed by atoms with Gasteiger partial charge in [0.25, 0.3) is 0 Å². The van der Waals surface area contributed by atoms with Crippen molar-refractivity contribution in [2.45, 2.75) is 6.04 Å².